The average Bonchev–Trinajstić information content (AvgIpc) is 3.08. The number of ether oxygens (including phenoxy) is 1. The lowest BCUT2D eigenvalue weighted by atomic mass is 10.0. The summed E-state index contributed by atoms with van der Waals surface area (Å²) in [7, 11) is -4.01. The monoisotopic (exact) mass is 372 g/mol. The molecule has 0 fully saturated rings. The van der Waals surface area contributed by atoms with Gasteiger partial charge in [0, 0.05) is 17.7 Å². The molecule has 4 rings (SSSR count). The van der Waals surface area contributed by atoms with Crippen LogP contribution < -0.4 is 10.0 Å². The Morgan fingerprint density at radius 3 is 2.65 bits per heavy atom. The summed E-state index contributed by atoms with van der Waals surface area (Å²) in [6.07, 6.45) is 0.767. The lowest BCUT2D eigenvalue weighted by Gasteiger charge is -2.17. The normalized spacial score (nSPS) is 15.8. The van der Waals surface area contributed by atoms with Crippen LogP contribution in [-0.2, 0) is 39.2 Å². The number of hydrogen-bond acceptors (Lipinski definition) is 5. The van der Waals surface area contributed by atoms with Gasteiger partial charge >= 0.3 is 0 Å². The fraction of sp³-hybridized carbons (Fsp3) is 0.222. The van der Waals surface area contributed by atoms with Crippen molar-refractivity contribution in [1.29, 1.82) is 0 Å². The molecule has 0 atom stereocenters. The topological polar surface area (TPSA) is 102 Å². The second kappa shape index (κ2) is 6.22. The van der Waals surface area contributed by atoms with E-state index < -0.39 is 15.9 Å². The Hall–Kier alpha value is -2.71. The molecule has 2 heterocycles. The molecule has 7 nitrogen and oxygen atoms in total. The summed E-state index contributed by atoms with van der Waals surface area (Å²) in [6, 6.07) is 9.40. The number of nitrogens with one attached hydrogen (secondary N) is 2. The minimum atomic E-state index is -4.01. The fourth-order valence-corrected chi connectivity index (χ4v) is 4.10. The number of carbonyl (C=O) groups excluding carboxylic acids is 2. The first-order valence-electron chi connectivity index (χ1n) is 8.12. The Kier molecular flexibility index (Phi) is 4.01. The van der Waals surface area contributed by atoms with Gasteiger partial charge in [0.05, 0.1) is 18.1 Å². The molecule has 26 heavy (non-hydrogen) atoms. The molecule has 2 aliphatic rings. The summed E-state index contributed by atoms with van der Waals surface area (Å²) >= 11 is 0. The van der Waals surface area contributed by atoms with Crippen LogP contribution in [0, 0.1) is 0 Å². The molecule has 0 radical (unpaired) electrons. The van der Waals surface area contributed by atoms with E-state index in [0.717, 1.165) is 16.7 Å². The second-order valence-electron chi connectivity index (χ2n) is 6.28. The zero-order chi connectivity index (χ0) is 18.3. The van der Waals surface area contributed by atoms with Gasteiger partial charge in [-0.1, -0.05) is 6.07 Å². The summed E-state index contributed by atoms with van der Waals surface area (Å²) in [5.41, 5.74) is 3.49. The molecule has 0 saturated carbocycles. The third kappa shape index (κ3) is 3.09. The first kappa shape index (κ1) is 16.7. The van der Waals surface area contributed by atoms with Crippen molar-refractivity contribution in [2.24, 2.45) is 0 Å². The molecule has 2 aromatic rings. The first-order valence-corrected chi connectivity index (χ1v) is 9.60. The van der Waals surface area contributed by atoms with Gasteiger partial charge in [-0.05, 0) is 53.4 Å². The highest BCUT2D eigenvalue weighted by Crippen LogP contribution is 2.26. The lowest BCUT2D eigenvalue weighted by Crippen LogP contribution is -2.31. The molecular formula is C18H16N2O5S. The molecule has 0 spiro atoms. The van der Waals surface area contributed by atoms with Crippen molar-refractivity contribution in [2.75, 3.05) is 5.32 Å². The van der Waals surface area contributed by atoms with Crippen molar-refractivity contribution >= 4 is 27.5 Å². The molecule has 2 aromatic carbocycles. The lowest BCUT2D eigenvalue weighted by molar-refractivity contribution is -0.116. The van der Waals surface area contributed by atoms with Gasteiger partial charge in [-0.2, -0.15) is 0 Å². The summed E-state index contributed by atoms with van der Waals surface area (Å²) in [5, 5.41) is 2.70. The van der Waals surface area contributed by atoms with Crippen LogP contribution in [0.3, 0.4) is 0 Å². The van der Waals surface area contributed by atoms with Crippen LogP contribution in [-0.4, -0.2) is 20.2 Å². The van der Waals surface area contributed by atoms with Crippen molar-refractivity contribution < 1.29 is 22.7 Å². The summed E-state index contributed by atoms with van der Waals surface area (Å²) < 4.78 is 32.5. The van der Waals surface area contributed by atoms with Gasteiger partial charge in [0.25, 0.3) is 15.9 Å². The SMILES string of the molecule is O=C1CCc2cc(S(=O)(=O)NC(=O)c3ccc4c(c3)COC4)ccc2N1. The molecule has 134 valence electrons. The van der Waals surface area contributed by atoms with Crippen LogP contribution in [0.2, 0.25) is 0 Å². The maximum absolute atomic E-state index is 12.6. The van der Waals surface area contributed by atoms with E-state index in [-0.39, 0.29) is 16.4 Å². The smallest absolute Gasteiger partial charge is 0.265 e. The molecule has 2 aliphatic heterocycles. The third-order valence-electron chi connectivity index (χ3n) is 4.49. The van der Waals surface area contributed by atoms with Crippen LogP contribution in [0.5, 0.6) is 0 Å². The van der Waals surface area contributed by atoms with E-state index in [1.54, 1.807) is 18.2 Å². The molecule has 0 saturated heterocycles. The average molecular weight is 372 g/mol. The molecule has 8 heteroatoms. The number of amides is 2. The van der Waals surface area contributed by atoms with Gasteiger partial charge in [-0.15, -0.1) is 0 Å². The zero-order valence-electron chi connectivity index (χ0n) is 13.7. The third-order valence-corrected chi connectivity index (χ3v) is 5.82. The van der Waals surface area contributed by atoms with E-state index in [2.05, 4.69) is 10.0 Å². The molecule has 0 unspecified atom stereocenters. The number of anilines is 1. The quantitative estimate of drug-likeness (QED) is 0.854. The maximum Gasteiger partial charge on any atom is 0.265 e. The minimum absolute atomic E-state index is 0.00903. The maximum atomic E-state index is 12.6. The minimum Gasteiger partial charge on any atom is -0.372 e. The van der Waals surface area contributed by atoms with Gasteiger partial charge in [-0.25, -0.2) is 13.1 Å². The predicted octanol–water partition coefficient (Wildman–Crippen LogP) is 1.72. The Morgan fingerprint density at radius 2 is 1.81 bits per heavy atom. The second-order valence-corrected chi connectivity index (χ2v) is 7.96. The van der Waals surface area contributed by atoms with Gasteiger partial charge in [0.15, 0.2) is 0 Å². The number of sulfonamides is 1. The molecule has 2 N–H and O–H groups in total. The van der Waals surface area contributed by atoms with Crippen molar-refractivity contribution in [3.8, 4) is 0 Å². The van der Waals surface area contributed by atoms with Crippen molar-refractivity contribution in [1.82, 2.24) is 4.72 Å². The number of rotatable bonds is 3. The Balaban J connectivity index is 1.57. The highest BCUT2D eigenvalue weighted by atomic mass is 32.2. The molecule has 2 amide bonds. The predicted molar refractivity (Wildman–Crippen MR) is 93.0 cm³/mol. The molecule has 0 aliphatic carbocycles. The van der Waals surface area contributed by atoms with Crippen molar-refractivity contribution in [3.63, 3.8) is 0 Å². The largest absolute Gasteiger partial charge is 0.372 e. The van der Waals surface area contributed by atoms with E-state index in [4.69, 9.17) is 4.74 Å². The molecular weight excluding hydrogens is 356 g/mol. The molecule has 0 aromatic heterocycles. The van der Waals surface area contributed by atoms with Crippen LogP contribution >= 0.6 is 0 Å². The van der Waals surface area contributed by atoms with E-state index >= 15 is 0 Å². The van der Waals surface area contributed by atoms with Crippen molar-refractivity contribution in [3.05, 3.63) is 58.7 Å². The highest BCUT2D eigenvalue weighted by molar-refractivity contribution is 7.90. The van der Waals surface area contributed by atoms with Crippen LogP contribution in [0.4, 0.5) is 5.69 Å². The number of carbonyl (C=O) groups is 2. The number of benzene rings is 2. The zero-order valence-corrected chi connectivity index (χ0v) is 14.6. The van der Waals surface area contributed by atoms with E-state index in [1.165, 1.54) is 18.2 Å². The first-order chi connectivity index (χ1) is 12.4. The number of aryl methyl sites for hydroxylation is 1. The van der Waals surface area contributed by atoms with E-state index in [9.17, 15) is 18.0 Å². The Labute approximate surface area is 150 Å². The standard InChI is InChI=1S/C18H16N2O5S/c21-17-6-3-11-8-15(4-5-16(11)19-17)26(23,24)20-18(22)12-1-2-13-9-25-10-14(13)7-12/h1-2,4-5,7-8H,3,6,9-10H2,(H,19,21)(H,20,22). The van der Waals surface area contributed by atoms with Crippen molar-refractivity contribution in [2.45, 2.75) is 31.0 Å². The van der Waals surface area contributed by atoms with Crippen LogP contribution in [0.15, 0.2) is 41.3 Å². The van der Waals surface area contributed by atoms with Crippen LogP contribution in [0.1, 0.15) is 33.5 Å². The molecule has 0 bridgehead atoms. The highest BCUT2D eigenvalue weighted by Gasteiger charge is 2.23. The Morgan fingerprint density at radius 1 is 1.00 bits per heavy atom. The van der Waals surface area contributed by atoms with Gasteiger partial charge < -0.3 is 10.1 Å². The Bertz CT molecular complexity index is 1030. The summed E-state index contributed by atoms with van der Waals surface area (Å²) in [5.74, 6) is -0.785. The van der Waals surface area contributed by atoms with Gasteiger partial charge in [-0.3, -0.25) is 9.59 Å². The van der Waals surface area contributed by atoms with Gasteiger partial charge in [0.1, 0.15) is 0 Å². The fourth-order valence-electron chi connectivity index (χ4n) is 3.08. The van der Waals surface area contributed by atoms with E-state index in [1.807, 2.05) is 0 Å². The number of hydrogen-bond donors (Lipinski definition) is 2. The van der Waals surface area contributed by atoms with E-state index in [0.29, 0.717) is 31.7 Å². The summed E-state index contributed by atoms with van der Waals surface area (Å²) in [4.78, 5) is 23.8. The number of fused-ring (bicyclic) bond motifs is 2. The summed E-state index contributed by atoms with van der Waals surface area (Å²) in [6.45, 7) is 0.918. The van der Waals surface area contributed by atoms with Gasteiger partial charge in [0.2, 0.25) is 5.91 Å². The van der Waals surface area contributed by atoms with Crippen LogP contribution in [0.25, 0.3) is 0 Å².